The summed E-state index contributed by atoms with van der Waals surface area (Å²) >= 11 is 0. The number of nitrogens with zero attached hydrogens (tertiary/aromatic N) is 1. The first kappa shape index (κ1) is 16.1. The average Bonchev–Trinajstić information content (AvgIpc) is 2.54. The molecule has 1 aliphatic heterocycles. The number of carbonyl (C=O) groups is 2. The van der Waals surface area contributed by atoms with Gasteiger partial charge in [-0.1, -0.05) is 36.4 Å². The second-order valence-electron chi connectivity index (χ2n) is 6.65. The highest BCUT2D eigenvalue weighted by molar-refractivity contribution is 6.17. The number of ketones is 1. The van der Waals surface area contributed by atoms with Crippen LogP contribution in [0.15, 0.2) is 53.5 Å². The van der Waals surface area contributed by atoms with Crippen molar-refractivity contribution in [2.45, 2.75) is 32.2 Å². The van der Waals surface area contributed by atoms with E-state index in [4.69, 9.17) is 4.99 Å². The van der Waals surface area contributed by atoms with Crippen molar-refractivity contribution in [2.24, 2.45) is 4.99 Å². The average molecular weight is 320 g/mol. The zero-order chi connectivity index (χ0) is 17.2. The molecule has 0 saturated heterocycles. The van der Waals surface area contributed by atoms with Crippen LogP contribution in [0, 0.1) is 0 Å². The van der Waals surface area contributed by atoms with Crippen LogP contribution in [0.3, 0.4) is 0 Å². The summed E-state index contributed by atoms with van der Waals surface area (Å²) in [5.41, 5.74) is 4.11. The van der Waals surface area contributed by atoms with Crippen molar-refractivity contribution in [1.82, 2.24) is 0 Å². The number of nitrogens with one attached hydrogen (secondary N) is 1. The molecule has 2 aromatic rings. The number of fused-ring (bicyclic) bond motifs is 1. The Balaban J connectivity index is 1.94. The third-order valence-corrected chi connectivity index (χ3v) is 4.13. The molecule has 0 saturated carbocycles. The fourth-order valence-electron chi connectivity index (χ4n) is 3.12. The molecule has 0 aromatic heterocycles. The van der Waals surface area contributed by atoms with Gasteiger partial charge in [0, 0.05) is 11.3 Å². The summed E-state index contributed by atoms with van der Waals surface area (Å²) in [4.78, 5) is 28.0. The summed E-state index contributed by atoms with van der Waals surface area (Å²) in [6.07, 6.45) is 1.73. The monoisotopic (exact) mass is 320 g/mol. The van der Waals surface area contributed by atoms with Gasteiger partial charge in [0.2, 0.25) is 6.41 Å². The number of hydrogen-bond donors (Lipinski definition) is 1. The molecule has 122 valence electrons. The van der Waals surface area contributed by atoms with Gasteiger partial charge >= 0.3 is 0 Å². The van der Waals surface area contributed by atoms with Gasteiger partial charge in [-0.25, -0.2) is 0 Å². The number of Topliss-reactive ketones (excluding diaryl/α,β-unsaturated/α-hetero) is 1. The van der Waals surface area contributed by atoms with Crippen LogP contribution in [0.2, 0.25) is 0 Å². The molecule has 0 unspecified atom stereocenters. The first-order valence-electron chi connectivity index (χ1n) is 7.99. The fourth-order valence-corrected chi connectivity index (χ4v) is 3.12. The summed E-state index contributed by atoms with van der Waals surface area (Å²) in [6, 6.07) is 15.0. The lowest BCUT2D eigenvalue weighted by Gasteiger charge is -2.29. The highest BCUT2D eigenvalue weighted by Crippen LogP contribution is 2.30. The number of amides is 1. The van der Waals surface area contributed by atoms with Crippen molar-refractivity contribution in [3.05, 3.63) is 65.2 Å². The molecule has 0 fully saturated rings. The van der Waals surface area contributed by atoms with E-state index < -0.39 is 0 Å². The Morgan fingerprint density at radius 1 is 1.21 bits per heavy atom. The van der Waals surface area contributed by atoms with E-state index in [0.717, 1.165) is 28.9 Å². The Kier molecular flexibility index (Phi) is 4.30. The van der Waals surface area contributed by atoms with Gasteiger partial charge in [0.1, 0.15) is 0 Å². The van der Waals surface area contributed by atoms with E-state index in [1.54, 1.807) is 0 Å². The Labute approximate surface area is 141 Å². The van der Waals surface area contributed by atoms with Gasteiger partial charge in [0.05, 0.1) is 17.7 Å². The number of benzene rings is 2. The molecule has 4 nitrogen and oxygen atoms in total. The largest absolute Gasteiger partial charge is 0.329 e. The Bertz CT molecular complexity index is 808. The lowest BCUT2D eigenvalue weighted by Crippen LogP contribution is -2.30. The first-order chi connectivity index (χ1) is 11.5. The van der Waals surface area contributed by atoms with Crippen molar-refractivity contribution in [3.63, 3.8) is 0 Å². The second-order valence-corrected chi connectivity index (χ2v) is 6.65. The third-order valence-electron chi connectivity index (χ3n) is 4.13. The topological polar surface area (TPSA) is 58.5 Å². The Hall–Kier alpha value is -2.75. The van der Waals surface area contributed by atoms with Crippen molar-refractivity contribution < 1.29 is 9.59 Å². The molecule has 0 spiro atoms. The number of anilines is 1. The van der Waals surface area contributed by atoms with E-state index in [1.807, 2.05) is 48.5 Å². The van der Waals surface area contributed by atoms with Gasteiger partial charge in [0.15, 0.2) is 5.78 Å². The van der Waals surface area contributed by atoms with Crippen LogP contribution in [-0.4, -0.2) is 23.4 Å². The van der Waals surface area contributed by atoms with Gasteiger partial charge in [-0.2, -0.15) is 0 Å². The standard InChI is InChI=1S/C20H20N2O2/c1-20(2)12-15-10-16(21-13-23)8-9-17(15)18(22-20)11-19(24)14-6-4-3-5-7-14/h3-10,13H,11-12H2,1-2H3,(H,21,23). The smallest absolute Gasteiger partial charge is 0.211 e. The predicted molar refractivity (Wildman–Crippen MR) is 95.8 cm³/mol. The van der Waals surface area contributed by atoms with Crippen molar-refractivity contribution in [3.8, 4) is 0 Å². The SMILES string of the molecule is CC1(C)Cc2cc(NC=O)ccc2C(CC(=O)c2ccccc2)=N1. The maximum absolute atomic E-state index is 12.6. The molecular weight excluding hydrogens is 300 g/mol. The van der Waals surface area contributed by atoms with Crippen LogP contribution in [0.5, 0.6) is 0 Å². The summed E-state index contributed by atoms with van der Waals surface area (Å²) < 4.78 is 0. The molecule has 0 aliphatic carbocycles. The molecule has 0 radical (unpaired) electrons. The van der Waals surface area contributed by atoms with Crippen molar-refractivity contribution in [1.29, 1.82) is 0 Å². The molecule has 24 heavy (non-hydrogen) atoms. The minimum Gasteiger partial charge on any atom is -0.329 e. The van der Waals surface area contributed by atoms with Gasteiger partial charge < -0.3 is 5.32 Å². The number of hydrogen-bond acceptors (Lipinski definition) is 3. The van der Waals surface area contributed by atoms with E-state index in [2.05, 4.69) is 19.2 Å². The minimum absolute atomic E-state index is 0.0630. The maximum Gasteiger partial charge on any atom is 0.211 e. The minimum atomic E-state index is -0.265. The molecule has 4 heteroatoms. The van der Waals surface area contributed by atoms with Crippen LogP contribution < -0.4 is 5.32 Å². The molecule has 0 bridgehead atoms. The molecule has 1 N–H and O–H groups in total. The lowest BCUT2D eigenvalue weighted by atomic mass is 9.85. The van der Waals surface area contributed by atoms with Gasteiger partial charge in [0.25, 0.3) is 0 Å². The van der Waals surface area contributed by atoms with E-state index in [9.17, 15) is 9.59 Å². The van der Waals surface area contributed by atoms with E-state index in [1.165, 1.54) is 0 Å². The van der Waals surface area contributed by atoms with E-state index in [0.29, 0.717) is 12.0 Å². The molecule has 1 heterocycles. The highest BCUT2D eigenvalue weighted by Gasteiger charge is 2.28. The molecule has 0 atom stereocenters. The van der Waals surface area contributed by atoms with Gasteiger partial charge in [-0.15, -0.1) is 0 Å². The van der Waals surface area contributed by atoms with Crippen LogP contribution in [-0.2, 0) is 11.2 Å². The van der Waals surface area contributed by atoms with Crippen LogP contribution in [0.4, 0.5) is 5.69 Å². The Morgan fingerprint density at radius 2 is 1.96 bits per heavy atom. The van der Waals surface area contributed by atoms with Crippen LogP contribution in [0.1, 0.15) is 41.8 Å². The molecular formula is C20H20N2O2. The summed E-state index contributed by atoms with van der Waals surface area (Å²) in [6.45, 7) is 4.12. The predicted octanol–water partition coefficient (Wildman–Crippen LogP) is 3.65. The van der Waals surface area contributed by atoms with Crippen LogP contribution >= 0.6 is 0 Å². The fraction of sp³-hybridized carbons (Fsp3) is 0.250. The van der Waals surface area contributed by atoms with Gasteiger partial charge in [-0.05, 0) is 43.5 Å². The Morgan fingerprint density at radius 3 is 2.67 bits per heavy atom. The lowest BCUT2D eigenvalue weighted by molar-refractivity contribution is -0.105. The van der Waals surface area contributed by atoms with Gasteiger partial charge in [-0.3, -0.25) is 14.6 Å². The number of rotatable bonds is 5. The van der Waals surface area contributed by atoms with E-state index >= 15 is 0 Å². The zero-order valence-corrected chi connectivity index (χ0v) is 13.9. The van der Waals surface area contributed by atoms with E-state index in [-0.39, 0.29) is 17.7 Å². The number of aliphatic imine (C=N–C) groups is 1. The summed E-state index contributed by atoms with van der Waals surface area (Å²) in [5.74, 6) is 0.0630. The molecule has 1 aliphatic rings. The summed E-state index contributed by atoms with van der Waals surface area (Å²) in [7, 11) is 0. The van der Waals surface area contributed by atoms with Crippen LogP contribution in [0.25, 0.3) is 0 Å². The quantitative estimate of drug-likeness (QED) is 0.675. The first-order valence-corrected chi connectivity index (χ1v) is 7.99. The second kappa shape index (κ2) is 6.40. The summed E-state index contributed by atoms with van der Waals surface area (Å²) in [5, 5.41) is 2.68. The maximum atomic E-state index is 12.6. The number of carbonyl (C=O) groups excluding carboxylic acids is 2. The highest BCUT2D eigenvalue weighted by atomic mass is 16.1. The zero-order valence-electron chi connectivity index (χ0n) is 13.9. The molecule has 1 amide bonds. The molecule has 2 aromatic carbocycles. The van der Waals surface area contributed by atoms with Crippen molar-refractivity contribution in [2.75, 3.05) is 5.32 Å². The van der Waals surface area contributed by atoms with Crippen molar-refractivity contribution >= 4 is 23.6 Å². The normalized spacial score (nSPS) is 15.2. The molecule has 3 rings (SSSR count). The third kappa shape index (κ3) is 3.43.